The van der Waals surface area contributed by atoms with E-state index in [0.29, 0.717) is 19.0 Å². The van der Waals surface area contributed by atoms with Crippen molar-refractivity contribution in [2.45, 2.75) is 64.2 Å². The highest BCUT2D eigenvalue weighted by atomic mass is 16.5. The molecule has 1 atom stereocenters. The molecule has 3 aliphatic rings. The van der Waals surface area contributed by atoms with Crippen LogP contribution in [0, 0.1) is 0 Å². The Balaban J connectivity index is 1.48. The fourth-order valence-electron chi connectivity index (χ4n) is 7.17. The van der Waals surface area contributed by atoms with Crippen molar-refractivity contribution in [3.63, 3.8) is 0 Å². The third kappa shape index (κ3) is 7.68. The zero-order chi connectivity index (χ0) is 34.6. The number of nitrogens with one attached hydrogen (secondary N) is 1. The number of carbonyl (C=O) groups excluding carboxylic acids is 1. The summed E-state index contributed by atoms with van der Waals surface area (Å²) in [6.07, 6.45) is 0.881. The van der Waals surface area contributed by atoms with Gasteiger partial charge in [-0.2, -0.15) is 0 Å². The van der Waals surface area contributed by atoms with E-state index in [9.17, 15) is 4.79 Å². The van der Waals surface area contributed by atoms with E-state index in [1.165, 1.54) is 0 Å². The summed E-state index contributed by atoms with van der Waals surface area (Å²) in [5.41, 5.74) is 4.19. The van der Waals surface area contributed by atoms with Gasteiger partial charge in [0, 0.05) is 61.6 Å². The number of hydrogen-bond acceptors (Lipinski definition) is 7. The third-order valence-corrected chi connectivity index (χ3v) is 10.2. The molecule has 3 heterocycles. The second kappa shape index (κ2) is 14.8. The van der Waals surface area contributed by atoms with Crippen LogP contribution in [0.5, 0.6) is 11.5 Å². The van der Waals surface area contributed by atoms with E-state index >= 15 is 0 Å². The molecule has 49 heavy (non-hydrogen) atoms. The van der Waals surface area contributed by atoms with Gasteiger partial charge < -0.3 is 24.3 Å². The minimum absolute atomic E-state index is 0.0954. The summed E-state index contributed by atoms with van der Waals surface area (Å²) in [7, 11) is 0. The summed E-state index contributed by atoms with van der Waals surface area (Å²) in [4.78, 5) is 19.8. The van der Waals surface area contributed by atoms with Gasteiger partial charge in [-0.25, -0.2) is 0 Å². The standard InChI is InChI=1S/C41H55N3O5/c1-39(2,3)30-12-14-36(48-22-9-16-43-17-23-46-24-18-43)33(28-30)41(32-10-7-8-11-35(32)42-38(41)45)34-29-31(40(4,5)6)13-15-37(34)49-27-21-44-19-25-47-26-20-44/h7-8,10-15,28-29H,9,16-27H2,1-6H3,(H,42,45). The zero-order valence-electron chi connectivity index (χ0n) is 30.4. The first-order valence-corrected chi connectivity index (χ1v) is 18.0. The van der Waals surface area contributed by atoms with Crippen LogP contribution < -0.4 is 14.8 Å². The number of amides is 1. The van der Waals surface area contributed by atoms with E-state index in [-0.39, 0.29) is 16.7 Å². The molecule has 264 valence electrons. The van der Waals surface area contributed by atoms with Crippen LogP contribution in [0.2, 0.25) is 0 Å². The molecule has 0 bridgehead atoms. The van der Waals surface area contributed by atoms with Gasteiger partial charge >= 0.3 is 0 Å². The Bertz CT molecular complexity index is 1600. The fourth-order valence-corrected chi connectivity index (χ4v) is 7.17. The van der Waals surface area contributed by atoms with Crippen molar-refractivity contribution in [3.05, 3.63) is 88.5 Å². The maximum absolute atomic E-state index is 15.0. The van der Waals surface area contributed by atoms with Crippen molar-refractivity contribution >= 4 is 11.6 Å². The summed E-state index contributed by atoms with van der Waals surface area (Å²) in [6.45, 7) is 22.8. The average Bonchev–Trinajstić information content (AvgIpc) is 3.38. The number of morpholine rings is 2. The first-order chi connectivity index (χ1) is 23.5. The molecule has 3 aromatic carbocycles. The van der Waals surface area contributed by atoms with Crippen molar-refractivity contribution in [3.8, 4) is 11.5 Å². The number of benzene rings is 3. The molecular formula is C41H55N3O5. The largest absolute Gasteiger partial charge is 0.493 e. The molecule has 6 rings (SSSR count). The van der Waals surface area contributed by atoms with Crippen LogP contribution in [0.3, 0.4) is 0 Å². The Hall–Kier alpha value is -3.43. The Labute approximate surface area is 293 Å². The first kappa shape index (κ1) is 35.4. The Morgan fingerprint density at radius 3 is 1.73 bits per heavy atom. The van der Waals surface area contributed by atoms with E-state index in [1.54, 1.807) is 0 Å². The van der Waals surface area contributed by atoms with Crippen LogP contribution >= 0.6 is 0 Å². The smallest absolute Gasteiger partial charge is 0.244 e. The predicted molar refractivity (Wildman–Crippen MR) is 195 cm³/mol. The molecule has 2 fully saturated rings. The van der Waals surface area contributed by atoms with Gasteiger partial charge in [-0.05, 0) is 58.7 Å². The van der Waals surface area contributed by atoms with Crippen LogP contribution in [0.4, 0.5) is 5.69 Å². The number of anilines is 1. The van der Waals surface area contributed by atoms with Crippen molar-refractivity contribution < 1.29 is 23.7 Å². The highest BCUT2D eigenvalue weighted by Gasteiger charge is 2.53. The predicted octanol–water partition coefficient (Wildman–Crippen LogP) is 6.38. The van der Waals surface area contributed by atoms with Gasteiger partial charge in [-0.1, -0.05) is 71.9 Å². The van der Waals surface area contributed by atoms with Gasteiger partial charge in [-0.15, -0.1) is 0 Å². The van der Waals surface area contributed by atoms with Gasteiger partial charge in [-0.3, -0.25) is 14.6 Å². The molecule has 8 heteroatoms. The first-order valence-electron chi connectivity index (χ1n) is 18.0. The summed E-state index contributed by atoms with van der Waals surface area (Å²) >= 11 is 0. The second-order valence-electron chi connectivity index (χ2n) is 15.6. The minimum atomic E-state index is -1.20. The summed E-state index contributed by atoms with van der Waals surface area (Å²) in [5.74, 6) is 1.34. The molecule has 0 spiro atoms. The van der Waals surface area contributed by atoms with E-state index in [0.717, 1.165) is 111 Å². The van der Waals surface area contributed by atoms with Crippen LogP contribution in [0.15, 0.2) is 60.7 Å². The summed E-state index contributed by atoms with van der Waals surface area (Å²) < 4.78 is 24.5. The topological polar surface area (TPSA) is 72.5 Å². The molecule has 8 nitrogen and oxygen atoms in total. The third-order valence-electron chi connectivity index (χ3n) is 10.2. The van der Waals surface area contributed by atoms with Crippen LogP contribution in [-0.4, -0.2) is 94.6 Å². The van der Waals surface area contributed by atoms with Crippen molar-refractivity contribution in [1.29, 1.82) is 0 Å². The molecule has 0 saturated carbocycles. The molecule has 0 aliphatic carbocycles. The normalized spacial score (nSPS) is 20.6. The second-order valence-corrected chi connectivity index (χ2v) is 15.6. The molecule has 1 unspecified atom stereocenters. The monoisotopic (exact) mass is 669 g/mol. The summed E-state index contributed by atoms with van der Waals surface area (Å²) in [5, 5.41) is 3.28. The number of para-hydroxylation sites is 1. The molecule has 3 aliphatic heterocycles. The highest BCUT2D eigenvalue weighted by molar-refractivity contribution is 6.12. The van der Waals surface area contributed by atoms with Crippen molar-refractivity contribution in [2.75, 3.05) is 84.2 Å². The van der Waals surface area contributed by atoms with Crippen molar-refractivity contribution in [1.82, 2.24) is 9.80 Å². The maximum atomic E-state index is 15.0. The SMILES string of the molecule is CC(C)(C)c1ccc(OCCCN2CCOCC2)c(C2(c3cc(C(C)(C)C)ccc3OCCN3CCOCC3)C(=O)Nc3ccccc32)c1. The zero-order valence-corrected chi connectivity index (χ0v) is 30.4. The fraction of sp³-hybridized carbons (Fsp3) is 0.537. The lowest BCUT2D eigenvalue weighted by Gasteiger charge is -2.35. The van der Waals surface area contributed by atoms with Gasteiger partial charge in [0.25, 0.3) is 0 Å². The quantitative estimate of drug-likeness (QED) is 0.238. The van der Waals surface area contributed by atoms with E-state index in [2.05, 4.69) is 99.1 Å². The molecule has 1 amide bonds. The lowest BCUT2D eigenvalue weighted by molar-refractivity contribution is -0.118. The van der Waals surface area contributed by atoms with Crippen LogP contribution in [0.1, 0.15) is 75.8 Å². The number of carbonyl (C=O) groups is 1. The number of rotatable bonds is 11. The number of hydrogen-bond donors (Lipinski definition) is 1. The number of ether oxygens (including phenoxy) is 4. The Kier molecular flexibility index (Phi) is 10.7. The average molecular weight is 670 g/mol. The molecule has 0 aromatic heterocycles. The van der Waals surface area contributed by atoms with E-state index < -0.39 is 5.41 Å². The number of fused-ring (bicyclic) bond motifs is 1. The van der Waals surface area contributed by atoms with Gasteiger partial charge in [0.05, 0.1) is 33.0 Å². The lowest BCUT2D eigenvalue weighted by atomic mass is 9.67. The van der Waals surface area contributed by atoms with Crippen LogP contribution in [-0.2, 0) is 30.5 Å². The lowest BCUT2D eigenvalue weighted by Crippen LogP contribution is -2.40. The Morgan fingerprint density at radius 1 is 0.673 bits per heavy atom. The van der Waals surface area contributed by atoms with Gasteiger partial charge in [0.2, 0.25) is 5.91 Å². The molecule has 3 aromatic rings. The minimum Gasteiger partial charge on any atom is -0.493 e. The molecular weight excluding hydrogens is 614 g/mol. The van der Waals surface area contributed by atoms with Gasteiger partial charge in [0.15, 0.2) is 0 Å². The number of nitrogens with zero attached hydrogens (tertiary/aromatic N) is 2. The molecule has 0 radical (unpaired) electrons. The van der Waals surface area contributed by atoms with E-state index in [4.69, 9.17) is 18.9 Å². The van der Waals surface area contributed by atoms with Crippen molar-refractivity contribution in [2.24, 2.45) is 0 Å². The molecule has 1 N–H and O–H groups in total. The van der Waals surface area contributed by atoms with Crippen LogP contribution in [0.25, 0.3) is 0 Å². The maximum Gasteiger partial charge on any atom is 0.244 e. The van der Waals surface area contributed by atoms with Gasteiger partial charge in [0.1, 0.15) is 23.5 Å². The highest BCUT2D eigenvalue weighted by Crippen LogP contribution is 2.54. The Morgan fingerprint density at radius 2 is 1.18 bits per heavy atom. The van der Waals surface area contributed by atoms with E-state index in [1.807, 2.05) is 18.2 Å². The summed E-state index contributed by atoms with van der Waals surface area (Å²) in [6, 6.07) is 20.9. The molecule has 2 saturated heterocycles.